The van der Waals surface area contributed by atoms with Crippen molar-refractivity contribution in [1.82, 2.24) is 20.5 Å². The van der Waals surface area contributed by atoms with E-state index in [1.54, 1.807) is 6.20 Å². The van der Waals surface area contributed by atoms with Gasteiger partial charge in [-0.3, -0.25) is 9.89 Å². The number of fused-ring (bicyclic) bond motifs is 1. The quantitative estimate of drug-likeness (QED) is 0.891. The summed E-state index contributed by atoms with van der Waals surface area (Å²) in [7, 11) is 0. The number of amides is 1. The number of rotatable bonds is 2. The number of aryl methyl sites for hydroxylation is 1. The molecular weight excluding hydrogens is 264 g/mol. The number of nitrogens with one attached hydrogen (secondary N) is 2. The predicted molar refractivity (Wildman–Crippen MR) is 82.1 cm³/mol. The van der Waals surface area contributed by atoms with Gasteiger partial charge in [0.25, 0.3) is 5.91 Å². The topological polar surface area (TPSA) is 70.7 Å². The summed E-state index contributed by atoms with van der Waals surface area (Å²) in [5, 5.41) is 11.1. The van der Waals surface area contributed by atoms with Gasteiger partial charge in [-0.1, -0.05) is 26.7 Å². The van der Waals surface area contributed by atoms with Crippen LogP contribution < -0.4 is 5.32 Å². The molecular formula is C16H22N4O. The minimum Gasteiger partial charge on any atom is -0.349 e. The van der Waals surface area contributed by atoms with Crippen molar-refractivity contribution in [2.45, 2.75) is 46.1 Å². The average Bonchev–Trinajstić information content (AvgIpc) is 2.85. The highest BCUT2D eigenvalue weighted by Gasteiger charge is 2.28. The number of H-pyrrole nitrogens is 1. The first-order valence-electron chi connectivity index (χ1n) is 7.68. The summed E-state index contributed by atoms with van der Waals surface area (Å²) >= 11 is 0. The van der Waals surface area contributed by atoms with Crippen LogP contribution in [0.1, 0.15) is 49.2 Å². The predicted octanol–water partition coefficient (Wildman–Crippen LogP) is 2.82. The SMILES string of the molecule is Cc1[nH]nc2ncc(C(=O)N[C@@H]3CCC[C@H](C)[C@H]3C)cc12. The number of carbonyl (C=O) groups excluding carboxylic acids is 1. The van der Waals surface area contributed by atoms with E-state index in [0.29, 0.717) is 23.0 Å². The van der Waals surface area contributed by atoms with Crippen LogP contribution in [0.2, 0.25) is 0 Å². The number of aromatic nitrogens is 3. The Kier molecular flexibility index (Phi) is 3.66. The van der Waals surface area contributed by atoms with E-state index in [1.807, 2.05) is 13.0 Å². The van der Waals surface area contributed by atoms with Crippen LogP contribution in [0.4, 0.5) is 0 Å². The van der Waals surface area contributed by atoms with Crippen molar-refractivity contribution < 1.29 is 4.79 Å². The Morgan fingerprint density at radius 1 is 1.38 bits per heavy atom. The van der Waals surface area contributed by atoms with Gasteiger partial charge in [-0.05, 0) is 31.2 Å². The van der Waals surface area contributed by atoms with Crippen molar-refractivity contribution >= 4 is 16.9 Å². The lowest BCUT2D eigenvalue weighted by Gasteiger charge is -2.34. The second-order valence-corrected chi connectivity index (χ2v) is 6.29. The Hall–Kier alpha value is -1.91. The van der Waals surface area contributed by atoms with Crippen LogP contribution >= 0.6 is 0 Å². The number of hydrogen-bond donors (Lipinski definition) is 2. The molecule has 5 nitrogen and oxygen atoms in total. The van der Waals surface area contributed by atoms with Gasteiger partial charge < -0.3 is 5.32 Å². The van der Waals surface area contributed by atoms with Crippen molar-refractivity contribution in [3.63, 3.8) is 0 Å². The van der Waals surface area contributed by atoms with E-state index < -0.39 is 0 Å². The smallest absolute Gasteiger partial charge is 0.253 e. The maximum Gasteiger partial charge on any atom is 0.253 e. The molecule has 5 heteroatoms. The molecule has 0 radical (unpaired) electrons. The molecule has 112 valence electrons. The zero-order valence-electron chi connectivity index (χ0n) is 12.8. The molecule has 3 rings (SSSR count). The standard InChI is InChI=1S/C16H22N4O/c1-9-5-4-6-14(10(9)2)18-16(21)12-7-13-11(3)19-20-15(13)17-8-12/h7-10,14H,4-6H2,1-3H3,(H,18,21)(H,17,19,20)/t9-,10+,14+/m0/s1. The van der Waals surface area contributed by atoms with Gasteiger partial charge in [0.2, 0.25) is 0 Å². The Labute approximate surface area is 124 Å². The van der Waals surface area contributed by atoms with Crippen molar-refractivity contribution in [1.29, 1.82) is 0 Å². The van der Waals surface area contributed by atoms with Gasteiger partial charge in [-0.2, -0.15) is 5.10 Å². The fourth-order valence-electron chi connectivity index (χ4n) is 3.18. The molecule has 1 fully saturated rings. The second kappa shape index (κ2) is 5.47. The van der Waals surface area contributed by atoms with Crippen molar-refractivity contribution in [2.24, 2.45) is 11.8 Å². The van der Waals surface area contributed by atoms with E-state index >= 15 is 0 Å². The van der Waals surface area contributed by atoms with E-state index in [-0.39, 0.29) is 11.9 Å². The molecule has 2 aromatic rings. The van der Waals surface area contributed by atoms with Crippen LogP contribution in [-0.2, 0) is 0 Å². The molecule has 2 N–H and O–H groups in total. The number of pyridine rings is 1. The van der Waals surface area contributed by atoms with Crippen LogP contribution in [0.25, 0.3) is 11.0 Å². The lowest BCUT2D eigenvalue weighted by Crippen LogP contribution is -2.43. The van der Waals surface area contributed by atoms with Crippen molar-refractivity contribution in [2.75, 3.05) is 0 Å². The van der Waals surface area contributed by atoms with Crippen molar-refractivity contribution in [3.05, 3.63) is 23.5 Å². The fourth-order valence-corrected chi connectivity index (χ4v) is 3.18. The molecule has 0 saturated heterocycles. The monoisotopic (exact) mass is 286 g/mol. The number of hydrogen-bond acceptors (Lipinski definition) is 3. The summed E-state index contributed by atoms with van der Waals surface area (Å²) < 4.78 is 0. The molecule has 0 spiro atoms. The molecule has 0 aliphatic heterocycles. The summed E-state index contributed by atoms with van der Waals surface area (Å²) in [5.74, 6) is 1.16. The Morgan fingerprint density at radius 3 is 3.00 bits per heavy atom. The first-order valence-corrected chi connectivity index (χ1v) is 7.68. The summed E-state index contributed by atoms with van der Waals surface area (Å²) in [6, 6.07) is 2.13. The minimum atomic E-state index is -0.0315. The molecule has 3 atom stereocenters. The van der Waals surface area contributed by atoms with E-state index in [2.05, 4.69) is 34.3 Å². The van der Waals surface area contributed by atoms with Crippen LogP contribution in [0.3, 0.4) is 0 Å². The molecule has 0 unspecified atom stereocenters. The lowest BCUT2D eigenvalue weighted by molar-refractivity contribution is 0.0891. The van der Waals surface area contributed by atoms with Gasteiger partial charge >= 0.3 is 0 Å². The van der Waals surface area contributed by atoms with E-state index in [4.69, 9.17) is 0 Å². The van der Waals surface area contributed by atoms with Crippen LogP contribution in [0.5, 0.6) is 0 Å². The van der Waals surface area contributed by atoms with Gasteiger partial charge in [0.1, 0.15) is 0 Å². The summed E-state index contributed by atoms with van der Waals surface area (Å²) in [6.07, 6.45) is 5.12. The van der Waals surface area contributed by atoms with Gasteiger partial charge in [0.05, 0.1) is 5.56 Å². The van der Waals surface area contributed by atoms with Gasteiger partial charge in [-0.15, -0.1) is 0 Å². The number of nitrogens with zero attached hydrogens (tertiary/aromatic N) is 2. The highest BCUT2D eigenvalue weighted by atomic mass is 16.1. The lowest BCUT2D eigenvalue weighted by atomic mass is 9.78. The summed E-state index contributed by atoms with van der Waals surface area (Å²) in [4.78, 5) is 16.7. The first kappa shape index (κ1) is 14.0. The van der Waals surface area contributed by atoms with E-state index in [0.717, 1.165) is 17.5 Å². The third-order valence-electron chi connectivity index (χ3n) is 4.89. The molecule has 1 aliphatic rings. The molecule has 1 saturated carbocycles. The van der Waals surface area contributed by atoms with Crippen LogP contribution in [0.15, 0.2) is 12.3 Å². The Morgan fingerprint density at radius 2 is 2.19 bits per heavy atom. The fraction of sp³-hybridized carbons (Fsp3) is 0.562. The largest absolute Gasteiger partial charge is 0.349 e. The highest BCUT2D eigenvalue weighted by molar-refractivity contribution is 5.97. The second-order valence-electron chi connectivity index (χ2n) is 6.29. The third-order valence-corrected chi connectivity index (χ3v) is 4.89. The molecule has 1 amide bonds. The van der Waals surface area contributed by atoms with Gasteiger partial charge in [0, 0.05) is 23.3 Å². The molecule has 0 aromatic carbocycles. The summed E-state index contributed by atoms with van der Waals surface area (Å²) in [5.41, 5.74) is 2.20. The third kappa shape index (κ3) is 2.64. The minimum absolute atomic E-state index is 0.0315. The van der Waals surface area contributed by atoms with E-state index in [9.17, 15) is 4.79 Å². The number of aromatic amines is 1. The Balaban J connectivity index is 1.78. The number of carbonyl (C=O) groups is 1. The molecule has 21 heavy (non-hydrogen) atoms. The van der Waals surface area contributed by atoms with Crippen LogP contribution in [-0.4, -0.2) is 27.1 Å². The normalized spacial score (nSPS) is 26.0. The molecule has 2 heterocycles. The summed E-state index contributed by atoms with van der Waals surface area (Å²) in [6.45, 7) is 6.44. The van der Waals surface area contributed by atoms with Crippen LogP contribution in [0, 0.1) is 18.8 Å². The highest BCUT2D eigenvalue weighted by Crippen LogP contribution is 2.29. The molecule has 0 bridgehead atoms. The van der Waals surface area contributed by atoms with Gasteiger partial charge in [0.15, 0.2) is 5.65 Å². The first-order chi connectivity index (χ1) is 10.1. The zero-order valence-corrected chi connectivity index (χ0v) is 12.8. The zero-order chi connectivity index (χ0) is 15.0. The maximum atomic E-state index is 12.5. The molecule has 2 aromatic heterocycles. The Bertz CT molecular complexity index is 663. The maximum absolute atomic E-state index is 12.5. The van der Waals surface area contributed by atoms with Gasteiger partial charge in [-0.25, -0.2) is 4.98 Å². The molecule has 1 aliphatic carbocycles. The average molecular weight is 286 g/mol. The van der Waals surface area contributed by atoms with Crippen molar-refractivity contribution in [3.8, 4) is 0 Å². The van der Waals surface area contributed by atoms with E-state index in [1.165, 1.54) is 12.8 Å².